The number of rotatable bonds is 5. The van der Waals surface area contributed by atoms with Gasteiger partial charge in [0, 0.05) is 13.1 Å². The summed E-state index contributed by atoms with van der Waals surface area (Å²) in [5.74, 6) is 0.759. The molecule has 6 nitrogen and oxygen atoms in total. The molecule has 132 valence electrons. The molecule has 7 heteroatoms. The molecule has 0 bridgehead atoms. The van der Waals surface area contributed by atoms with Gasteiger partial charge in [-0.1, -0.05) is 12.1 Å². The highest BCUT2D eigenvalue weighted by molar-refractivity contribution is 5.91. The summed E-state index contributed by atoms with van der Waals surface area (Å²) in [6.45, 7) is 2.12. The van der Waals surface area contributed by atoms with Crippen molar-refractivity contribution in [3.63, 3.8) is 0 Å². The van der Waals surface area contributed by atoms with Crippen molar-refractivity contribution in [3.05, 3.63) is 29.8 Å². The van der Waals surface area contributed by atoms with Crippen molar-refractivity contribution in [1.29, 1.82) is 0 Å². The number of carbonyl (C=O) groups excluding carboxylic acids is 2. The van der Waals surface area contributed by atoms with Gasteiger partial charge in [0.2, 0.25) is 11.8 Å². The van der Waals surface area contributed by atoms with Crippen molar-refractivity contribution < 1.29 is 14.3 Å². The molecule has 0 radical (unpaired) electrons. The minimum absolute atomic E-state index is 0. The Morgan fingerprint density at radius 3 is 2.71 bits per heavy atom. The highest BCUT2D eigenvalue weighted by Gasteiger charge is 2.34. The predicted octanol–water partition coefficient (Wildman–Crippen LogP) is 1.09. The second kappa shape index (κ2) is 8.35. The van der Waals surface area contributed by atoms with Crippen LogP contribution in [0.15, 0.2) is 24.3 Å². The van der Waals surface area contributed by atoms with Crippen LogP contribution < -0.4 is 15.4 Å². The molecule has 2 heterocycles. The number of methoxy groups -OCH3 is 1. The summed E-state index contributed by atoms with van der Waals surface area (Å²) in [4.78, 5) is 26.4. The number of likely N-dealkylation sites (tertiary alicyclic amines) is 1. The summed E-state index contributed by atoms with van der Waals surface area (Å²) >= 11 is 0. The number of halogens is 1. The summed E-state index contributed by atoms with van der Waals surface area (Å²) in [5, 5.41) is 6.05. The van der Waals surface area contributed by atoms with Gasteiger partial charge < -0.3 is 20.3 Å². The van der Waals surface area contributed by atoms with Crippen LogP contribution in [0.25, 0.3) is 0 Å². The second-order valence-electron chi connectivity index (χ2n) is 6.11. The van der Waals surface area contributed by atoms with Crippen LogP contribution in [-0.4, -0.2) is 49.0 Å². The number of hydrogen-bond acceptors (Lipinski definition) is 4. The lowest BCUT2D eigenvalue weighted by Crippen LogP contribution is -2.48. The smallest absolute Gasteiger partial charge is 0.245 e. The average Bonchev–Trinajstić information content (AvgIpc) is 3.21. The Labute approximate surface area is 148 Å². The van der Waals surface area contributed by atoms with Crippen LogP contribution in [0.2, 0.25) is 0 Å². The number of nitrogens with one attached hydrogen (secondary N) is 2. The van der Waals surface area contributed by atoms with Gasteiger partial charge >= 0.3 is 0 Å². The monoisotopic (exact) mass is 353 g/mol. The van der Waals surface area contributed by atoms with E-state index in [0.29, 0.717) is 19.5 Å². The van der Waals surface area contributed by atoms with E-state index in [4.69, 9.17) is 4.74 Å². The van der Waals surface area contributed by atoms with Gasteiger partial charge in [0.05, 0.1) is 13.2 Å². The summed E-state index contributed by atoms with van der Waals surface area (Å²) in [6, 6.07) is 7.17. The third-order valence-electron chi connectivity index (χ3n) is 4.52. The SMILES string of the molecule is COc1ccc(CN2CCC(NC(=O)C3CCCN3)C2=O)cc1.Cl. The van der Waals surface area contributed by atoms with Crippen molar-refractivity contribution in [3.8, 4) is 5.75 Å². The average molecular weight is 354 g/mol. The van der Waals surface area contributed by atoms with E-state index in [1.165, 1.54) is 0 Å². The zero-order valence-corrected chi connectivity index (χ0v) is 14.6. The fraction of sp³-hybridized carbons (Fsp3) is 0.529. The molecule has 2 aliphatic rings. The molecule has 0 spiro atoms. The highest BCUT2D eigenvalue weighted by Crippen LogP contribution is 2.18. The number of benzene rings is 1. The van der Waals surface area contributed by atoms with E-state index < -0.39 is 0 Å². The molecule has 2 N–H and O–H groups in total. The number of carbonyl (C=O) groups is 2. The van der Waals surface area contributed by atoms with E-state index in [2.05, 4.69) is 10.6 Å². The van der Waals surface area contributed by atoms with Crippen molar-refractivity contribution in [2.24, 2.45) is 0 Å². The largest absolute Gasteiger partial charge is 0.497 e. The van der Waals surface area contributed by atoms with Crippen LogP contribution in [0.3, 0.4) is 0 Å². The molecular weight excluding hydrogens is 330 g/mol. The third kappa shape index (κ3) is 4.19. The maximum Gasteiger partial charge on any atom is 0.245 e. The normalized spacial score (nSPS) is 23.0. The summed E-state index contributed by atoms with van der Waals surface area (Å²) < 4.78 is 5.14. The summed E-state index contributed by atoms with van der Waals surface area (Å²) in [7, 11) is 1.63. The van der Waals surface area contributed by atoms with E-state index in [1.54, 1.807) is 12.0 Å². The van der Waals surface area contributed by atoms with Gasteiger partial charge in [-0.3, -0.25) is 9.59 Å². The van der Waals surface area contributed by atoms with Gasteiger partial charge in [-0.2, -0.15) is 0 Å². The number of ether oxygens (including phenoxy) is 1. The van der Waals surface area contributed by atoms with E-state index in [-0.39, 0.29) is 36.3 Å². The van der Waals surface area contributed by atoms with Crippen LogP contribution in [0.1, 0.15) is 24.8 Å². The highest BCUT2D eigenvalue weighted by atomic mass is 35.5. The summed E-state index contributed by atoms with van der Waals surface area (Å²) in [5.41, 5.74) is 1.06. The Kier molecular flexibility index (Phi) is 6.45. The Morgan fingerprint density at radius 1 is 1.33 bits per heavy atom. The Balaban J connectivity index is 0.00000208. The molecule has 2 unspecified atom stereocenters. The van der Waals surface area contributed by atoms with E-state index in [0.717, 1.165) is 30.7 Å². The van der Waals surface area contributed by atoms with Gasteiger partial charge in [-0.15, -0.1) is 12.4 Å². The molecule has 1 aromatic carbocycles. The van der Waals surface area contributed by atoms with Crippen molar-refractivity contribution in [2.75, 3.05) is 20.2 Å². The van der Waals surface area contributed by atoms with Gasteiger partial charge in [-0.25, -0.2) is 0 Å². The molecule has 2 saturated heterocycles. The minimum Gasteiger partial charge on any atom is -0.497 e. The molecule has 2 fully saturated rings. The topological polar surface area (TPSA) is 70.7 Å². The first-order valence-electron chi connectivity index (χ1n) is 8.13. The molecule has 1 aromatic rings. The Morgan fingerprint density at radius 2 is 2.08 bits per heavy atom. The third-order valence-corrected chi connectivity index (χ3v) is 4.52. The zero-order valence-electron chi connectivity index (χ0n) is 13.8. The van der Waals surface area contributed by atoms with Crippen molar-refractivity contribution >= 4 is 24.2 Å². The fourth-order valence-corrected chi connectivity index (χ4v) is 3.16. The fourth-order valence-electron chi connectivity index (χ4n) is 3.16. The number of amides is 2. The number of hydrogen-bond donors (Lipinski definition) is 2. The first-order valence-corrected chi connectivity index (χ1v) is 8.13. The zero-order chi connectivity index (χ0) is 16.2. The van der Waals surface area contributed by atoms with Gasteiger partial charge in [-0.05, 0) is 43.5 Å². The van der Waals surface area contributed by atoms with Crippen LogP contribution in [0.5, 0.6) is 5.75 Å². The quantitative estimate of drug-likeness (QED) is 0.831. The maximum atomic E-state index is 12.4. The molecule has 0 aliphatic carbocycles. The molecule has 2 atom stereocenters. The predicted molar refractivity (Wildman–Crippen MR) is 93.2 cm³/mol. The van der Waals surface area contributed by atoms with E-state index in [9.17, 15) is 9.59 Å². The lowest BCUT2D eigenvalue weighted by molar-refractivity contribution is -0.133. The lowest BCUT2D eigenvalue weighted by Gasteiger charge is -2.18. The van der Waals surface area contributed by atoms with Gasteiger partial charge in [0.1, 0.15) is 11.8 Å². The van der Waals surface area contributed by atoms with Gasteiger partial charge in [0.25, 0.3) is 0 Å². The Bertz CT molecular complexity index is 573. The van der Waals surface area contributed by atoms with Crippen molar-refractivity contribution in [1.82, 2.24) is 15.5 Å². The van der Waals surface area contributed by atoms with Crippen LogP contribution in [-0.2, 0) is 16.1 Å². The van der Waals surface area contributed by atoms with Crippen LogP contribution >= 0.6 is 12.4 Å². The summed E-state index contributed by atoms with van der Waals surface area (Å²) in [6.07, 6.45) is 2.54. The lowest BCUT2D eigenvalue weighted by atomic mass is 10.2. The molecular formula is C17H24ClN3O3. The molecule has 0 aromatic heterocycles. The van der Waals surface area contributed by atoms with E-state index >= 15 is 0 Å². The standard InChI is InChI=1S/C17H23N3O3.ClH/c1-23-13-6-4-12(5-7-13)11-20-10-8-15(17(20)22)19-16(21)14-3-2-9-18-14;/h4-7,14-15,18H,2-3,8-11H2,1H3,(H,19,21);1H. The van der Waals surface area contributed by atoms with Crippen molar-refractivity contribution in [2.45, 2.75) is 37.9 Å². The molecule has 3 rings (SSSR count). The number of nitrogens with zero attached hydrogens (tertiary/aromatic N) is 1. The van der Waals surface area contributed by atoms with Crippen LogP contribution in [0, 0.1) is 0 Å². The Hall–Kier alpha value is -1.79. The molecule has 2 aliphatic heterocycles. The first-order chi connectivity index (χ1) is 11.2. The maximum absolute atomic E-state index is 12.4. The molecule has 24 heavy (non-hydrogen) atoms. The first kappa shape index (κ1) is 18.5. The molecule has 2 amide bonds. The second-order valence-corrected chi connectivity index (χ2v) is 6.11. The van der Waals surface area contributed by atoms with Gasteiger partial charge in [0.15, 0.2) is 0 Å². The van der Waals surface area contributed by atoms with E-state index in [1.807, 2.05) is 24.3 Å². The molecule has 0 saturated carbocycles. The van der Waals surface area contributed by atoms with Crippen LogP contribution in [0.4, 0.5) is 0 Å². The minimum atomic E-state index is -0.386.